The largest absolute Gasteiger partial charge is 0.323 e. The first-order chi connectivity index (χ1) is 8.86. The van der Waals surface area contributed by atoms with Gasteiger partial charge in [0.15, 0.2) is 0 Å². The van der Waals surface area contributed by atoms with Crippen molar-refractivity contribution in [2.75, 3.05) is 7.05 Å². The van der Waals surface area contributed by atoms with Crippen molar-refractivity contribution in [3.05, 3.63) is 35.9 Å². The Balaban J connectivity index is 2.95. The molecule has 0 aliphatic heterocycles. The number of nitrogens with two attached hydrogens (primary N) is 1. The van der Waals surface area contributed by atoms with E-state index in [-0.39, 0.29) is 6.04 Å². The minimum atomic E-state index is 0.0624. The van der Waals surface area contributed by atoms with E-state index >= 15 is 0 Å². The Morgan fingerprint density at radius 1 is 0.895 bits per heavy atom. The van der Waals surface area contributed by atoms with E-state index < -0.39 is 0 Å². The van der Waals surface area contributed by atoms with Gasteiger partial charge in [-0.25, -0.2) is 0 Å². The van der Waals surface area contributed by atoms with E-state index in [2.05, 4.69) is 70.8 Å². The topological polar surface area (TPSA) is 29.3 Å². The molecule has 0 bridgehead atoms. The second-order valence-electron chi connectivity index (χ2n) is 6.32. The van der Waals surface area contributed by atoms with Gasteiger partial charge in [-0.15, -0.1) is 0 Å². The molecule has 0 spiro atoms. The molecule has 2 nitrogen and oxygen atoms in total. The molecule has 1 aromatic rings. The zero-order chi connectivity index (χ0) is 14.6. The lowest BCUT2D eigenvalue weighted by Crippen LogP contribution is -2.49. The van der Waals surface area contributed by atoms with Crippen molar-refractivity contribution >= 4 is 0 Å². The first-order valence-corrected chi connectivity index (χ1v) is 7.38. The second kappa shape index (κ2) is 7.06. The lowest BCUT2D eigenvalue weighted by molar-refractivity contribution is 0.0967. The van der Waals surface area contributed by atoms with E-state index in [0.29, 0.717) is 23.9 Å². The maximum Gasteiger partial charge on any atom is 0.0455 e. The fourth-order valence-corrected chi connectivity index (χ4v) is 2.75. The van der Waals surface area contributed by atoms with Gasteiger partial charge in [0.2, 0.25) is 0 Å². The molecule has 108 valence electrons. The average Bonchev–Trinajstić information content (AvgIpc) is 2.38. The van der Waals surface area contributed by atoms with E-state index in [1.807, 2.05) is 6.07 Å². The summed E-state index contributed by atoms with van der Waals surface area (Å²) >= 11 is 0. The zero-order valence-corrected chi connectivity index (χ0v) is 13.3. The summed E-state index contributed by atoms with van der Waals surface area (Å²) < 4.78 is 0. The minimum absolute atomic E-state index is 0.0624. The van der Waals surface area contributed by atoms with Crippen molar-refractivity contribution in [2.45, 2.75) is 52.7 Å². The Kier molecular flexibility index (Phi) is 6.02. The third-order valence-electron chi connectivity index (χ3n) is 4.31. The molecular weight excluding hydrogens is 232 g/mol. The summed E-state index contributed by atoms with van der Waals surface area (Å²) in [6, 6.07) is 11.4. The summed E-state index contributed by atoms with van der Waals surface area (Å²) in [6.07, 6.45) is 0. The van der Waals surface area contributed by atoms with Crippen LogP contribution in [0.25, 0.3) is 0 Å². The smallest absolute Gasteiger partial charge is 0.0455 e. The number of hydrogen-bond donors (Lipinski definition) is 1. The summed E-state index contributed by atoms with van der Waals surface area (Å²) in [7, 11) is 2.21. The fourth-order valence-electron chi connectivity index (χ4n) is 2.75. The van der Waals surface area contributed by atoms with Gasteiger partial charge in [-0.3, -0.25) is 4.90 Å². The fraction of sp³-hybridized carbons (Fsp3) is 0.647. The molecule has 0 heterocycles. The molecule has 2 heteroatoms. The Labute approximate surface area is 119 Å². The van der Waals surface area contributed by atoms with E-state index in [0.717, 1.165) is 0 Å². The first kappa shape index (κ1) is 16.2. The highest BCUT2D eigenvalue weighted by Gasteiger charge is 2.30. The van der Waals surface area contributed by atoms with Gasteiger partial charge in [0.1, 0.15) is 0 Å². The van der Waals surface area contributed by atoms with Crippen LogP contribution in [0.1, 0.15) is 46.2 Å². The van der Waals surface area contributed by atoms with Crippen molar-refractivity contribution in [2.24, 2.45) is 17.6 Å². The van der Waals surface area contributed by atoms with Gasteiger partial charge >= 0.3 is 0 Å². The number of nitrogens with zero attached hydrogens (tertiary/aromatic N) is 1. The SMILES string of the molecule is CC(C)C(C)N(C)C(C(C)C)C(N)c1ccccc1. The van der Waals surface area contributed by atoms with Gasteiger partial charge in [-0.2, -0.15) is 0 Å². The van der Waals surface area contributed by atoms with Gasteiger partial charge in [-0.1, -0.05) is 58.0 Å². The Morgan fingerprint density at radius 2 is 1.42 bits per heavy atom. The summed E-state index contributed by atoms with van der Waals surface area (Å²) in [4.78, 5) is 2.45. The molecule has 19 heavy (non-hydrogen) atoms. The molecule has 0 aliphatic carbocycles. The molecule has 1 aromatic carbocycles. The van der Waals surface area contributed by atoms with E-state index in [1.165, 1.54) is 5.56 Å². The minimum Gasteiger partial charge on any atom is -0.323 e. The standard InChI is InChI=1S/C17H30N2/c1-12(2)14(5)19(6)17(13(3)4)16(18)15-10-8-7-9-11-15/h7-14,16-17H,18H2,1-6H3. The van der Waals surface area contributed by atoms with E-state index in [9.17, 15) is 0 Å². The molecule has 0 fully saturated rings. The van der Waals surface area contributed by atoms with Crippen LogP contribution in [-0.2, 0) is 0 Å². The molecule has 0 radical (unpaired) electrons. The van der Waals surface area contributed by atoms with E-state index in [1.54, 1.807) is 0 Å². The molecule has 3 atom stereocenters. The Morgan fingerprint density at radius 3 is 1.84 bits per heavy atom. The van der Waals surface area contributed by atoms with Crippen LogP contribution in [0.5, 0.6) is 0 Å². The number of likely N-dealkylation sites (N-methyl/N-ethyl adjacent to an activating group) is 1. The molecule has 0 amide bonds. The molecule has 2 N–H and O–H groups in total. The highest BCUT2D eigenvalue weighted by atomic mass is 15.2. The maximum atomic E-state index is 6.54. The van der Waals surface area contributed by atoms with Crippen molar-refractivity contribution in [1.82, 2.24) is 4.90 Å². The third-order valence-corrected chi connectivity index (χ3v) is 4.31. The highest BCUT2D eigenvalue weighted by Crippen LogP contribution is 2.26. The van der Waals surface area contributed by atoms with Crippen molar-refractivity contribution < 1.29 is 0 Å². The number of rotatable bonds is 6. The number of hydrogen-bond acceptors (Lipinski definition) is 2. The van der Waals surface area contributed by atoms with Gasteiger partial charge < -0.3 is 5.73 Å². The molecule has 1 rings (SSSR count). The number of benzene rings is 1. The molecule has 0 aromatic heterocycles. The monoisotopic (exact) mass is 262 g/mol. The summed E-state index contributed by atoms with van der Waals surface area (Å²) in [5.41, 5.74) is 7.76. The Hall–Kier alpha value is -0.860. The van der Waals surface area contributed by atoms with Crippen molar-refractivity contribution in [3.63, 3.8) is 0 Å². The lowest BCUT2D eigenvalue weighted by Gasteiger charge is -2.41. The highest BCUT2D eigenvalue weighted by molar-refractivity contribution is 5.20. The predicted octanol–water partition coefficient (Wildman–Crippen LogP) is 3.69. The molecule has 0 saturated heterocycles. The lowest BCUT2D eigenvalue weighted by atomic mass is 9.88. The zero-order valence-electron chi connectivity index (χ0n) is 13.3. The van der Waals surface area contributed by atoms with Gasteiger partial charge in [0.25, 0.3) is 0 Å². The summed E-state index contributed by atoms with van der Waals surface area (Å²) in [5, 5.41) is 0. The normalized spacial score (nSPS) is 16.9. The van der Waals surface area contributed by atoms with Crippen LogP contribution >= 0.6 is 0 Å². The van der Waals surface area contributed by atoms with Crippen LogP contribution in [0.15, 0.2) is 30.3 Å². The average molecular weight is 262 g/mol. The summed E-state index contributed by atoms with van der Waals surface area (Å²) in [6.45, 7) is 11.4. The van der Waals surface area contributed by atoms with Crippen LogP contribution in [0.2, 0.25) is 0 Å². The van der Waals surface area contributed by atoms with Gasteiger partial charge in [0, 0.05) is 18.1 Å². The first-order valence-electron chi connectivity index (χ1n) is 7.38. The van der Waals surface area contributed by atoms with Crippen LogP contribution in [0.4, 0.5) is 0 Å². The Bertz CT molecular complexity index is 359. The van der Waals surface area contributed by atoms with Crippen molar-refractivity contribution in [3.8, 4) is 0 Å². The molecular formula is C17H30N2. The van der Waals surface area contributed by atoms with Crippen LogP contribution in [0.3, 0.4) is 0 Å². The summed E-state index contributed by atoms with van der Waals surface area (Å²) in [5.74, 6) is 1.16. The van der Waals surface area contributed by atoms with Gasteiger partial charge in [-0.05, 0) is 31.4 Å². The quantitative estimate of drug-likeness (QED) is 0.847. The maximum absolute atomic E-state index is 6.54. The van der Waals surface area contributed by atoms with Crippen LogP contribution in [-0.4, -0.2) is 24.0 Å². The van der Waals surface area contributed by atoms with E-state index in [4.69, 9.17) is 5.73 Å². The molecule has 3 unspecified atom stereocenters. The van der Waals surface area contributed by atoms with Crippen molar-refractivity contribution in [1.29, 1.82) is 0 Å². The predicted molar refractivity (Wildman–Crippen MR) is 84.1 cm³/mol. The molecule has 0 aliphatic rings. The second-order valence-corrected chi connectivity index (χ2v) is 6.32. The van der Waals surface area contributed by atoms with Crippen LogP contribution in [0, 0.1) is 11.8 Å². The third kappa shape index (κ3) is 4.05. The van der Waals surface area contributed by atoms with Crippen LogP contribution < -0.4 is 5.73 Å². The molecule has 0 saturated carbocycles. The van der Waals surface area contributed by atoms with Gasteiger partial charge in [0.05, 0.1) is 0 Å².